The van der Waals surface area contributed by atoms with Gasteiger partial charge in [0.1, 0.15) is 0 Å². The van der Waals surface area contributed by atoms with Crippen molar-refractivity contribution in [1.82, 2.24) is 10.3 Å². The smallest absolute Gasteiger partial charge is 0.251 e. The molecular formula is C14H13BrN2O. The molecule has 1 amide bonds. The summed E-state index contributed by atoms with van der Waals surface area (Å²) >= 11 is 3.34. The molecule has 0 aliphatic rings. The number of nitrogens with one attached hydrogen (secondary N) is 1. The van der Waals surface area contributed by atoms with Crippen LogP contribution in [0.1, 0.15) is 21.5 Å². The minimum Gasteiger partial charge on any atom is -0.348 e. The Morgan fingerprint density at radius 2 is 2.00 bits per heavy atom. The van der Waals surface area contributed by atoms with E-state index in [-0.39, 0.29) is 5.91 Å². The van der Waals surface area contributed by atoms with E-state index >= 15 is 0 Å². The van der Waals surface area contributed by atoms with Crippen LogP contribution in [0.4, 0.5) is 0 Å². The fourth-order valence-corrected chi connectivity index (χ4v) is 1.82. The molecule has 4 heteroatoms. The maximum Gasteiger partial charge on any atom is 0.251 e. The first kappa shape index (κ1) is 12.8. The number of pyridine rings is 1. The van der Waals surface area contributed by atoms with E-state index in [0.29, 0.717) is 12.1 Å². The minimum atomic E-state index is -0.0780. The number of benzene rings is 1. The highest BCUT2D eigenvalue weighted by molar-refractivity contribution is 9.10. The maximum absolute atomic E-state index is 11.9. The second-order valence-electron chi connectivity index (χ2n) is 3.99. The van der Waals surface area contributed by atoms with Gasteiger partial charge in [0.05, 0.1) is 0 Å². The number of carbonyl (C=O) groups is 1. The molecule has 1 aromatic heterocycles. The highest BCUT2D eigenvalue weighted by Gasteiger charge is 2.05. The van der Waals surface area contributed by atoms with E-state index in [1.165, 1.54) is 0 Å². The van der Waals surface area contributed by atoms with Gasteiger partial charge >= 0.3 is 0 Å². The molecule has 0 unspecified atom stereocenters. The van der Waals surface area contributed by atoms with E-state index in [1.54, 1.807) is 24.5 Å². The highest BCUT2D eigenvalue weighted by atomic mass is 79.9. The predicted octanol–water partition coefficient (Wildman–Crippen LogP) is 3.08. The molecule has 1 N–H and O–H groups in total. The monoisotopic (exact) mass is 304 g/mol. The highest BCUT2D eigenvalue weighted by Crippen LogP contribution is 2.11. The number of aromatic nitrogens is 1. The summed E-state index contributed by atoms with van der Waals surface area (Å²) in [7, 11) is 0. The lowest BCUT2D eigenvalue weighted by Crippen LogP contribution is -2.23. The number of amides is 1. The van der Waals surface area contributed by atoms with Gasteiger partial charge < -0.3 is 5.32 Å². The first-order valence-electron chi connectivity index (χ1n) is 5.60. The number of rotatable bonds is 3. The van der Waals surface area contributed by atoms with Crippen molar-refractivity contribution in [3.8, 4) is 0 Å². The summed E-state index contributed by atoms with van der Waals surface area (Å²) in [5, 5.41) is 2.88. The number of hydrogen-bond donors (Lipinski definition) is 1. The fraction of sp³-hybridized carbons (Fsp3) is 0.143. The van der Waals surface area contributed by atoms with Crippen molar-refractivity contribution in [2.75, 3.05) is 0 Å². The molecule has 0 atom stereocenters. The van der Waals surface area contributed by atoms with Crippen LogP contribution in [0.25, 0.3) is 0 Å². The van der Waals surface area contributed by atoms with Gasteiger partial charge in [-0.05, 0) is 48.4 Å². The SMILES string of the molecule is Cc1ccncc1CNC(=O)c1ccc(Br)cc1. The third-order valence-electron chi connectivity index (χ3n) is 2.69. The molecule has 0 fully saturated rings. The van der Waals surface area contributed by atoms with Crippen LogP contribution in [0.2, 0.25) is 0 Å². The van der Waals surface area contributed by atoms with Crippen LogP contribution in [-0.2, 0) is 6.54 Å². The van der Waals surface area contributed by atoms with Crippen molar-refractivity contribution < 1.29 is 4.79 Å². The summed E-state index contributed by atoms with van der Waals surface area (Å²) in [5.41, 5.74) is 2.81. The summed E-state index contributed by atoms with van der Waals surface area (Å²) < 4.78 is 0.960. The van der Waals surface area contributed by atoms with Crippen LogP contribution in [0, 0.1) is 6.92 Å². The molecule has 18 heavy (non-hydrogen) atoms. The van der Waals surface area contributed by atoms with Gasteiger partial charge in [0.25, 0.3) is 5.91 Å². The Balaban J connectivity index is 2.01. The zero-order valence-electron chi connectivity index (χ0n) is 9.98. The Labute approximate surface area is 114 Å². The topological polar surface area (TPSA) is 42.0 Å². The normalized spacial score (nSPS) is 10.1. The Morgan fingerprint density at radius 3 is 2.67 bits per heavy atom. The lowest BCUT2D eigenvalue weighted by atomic mass is 10.1. The Morgan fingerprint density at radius 1 is 1.28 bits per heavy atom. The molecule has 0 radical (unpaired) electrons. The van der Waals surface area contributed by atoms with E-state index in [1.807, 2.05) is 25.1 Å². The third kappa shape index (κ3) is 3.17. The quantitative estimate of drug-likeness (QED) is 0.947. The maximum atomic E-state index is 11.9. The molecule has 2 aromatic rings. The van der Waals surface area contributed by atoms with Gasteiger partial charge in [0.2, 0.25) is 0 Å². The molecular weight excluding hydrogens is 292 g/mol. The van der Waals surface area contributed by atoms with E-state index in [9.17, 15) is 4.79 Å². The zero-order chi connectivity index (χ0) is 13.0. The lowest BCUT2D eigenvalue weighted by molar-refractivity contribution is 0.0951. The molecule has 0 aliphatic heterocycles. The summed E-state index contributed by atoms with van der Waals surface area (Å²) in [4.78, 5) is 15.9. The molecule has 92 valence electrons. The molecule has 0 aliphatic carbocycles. The van der Waals surface area contributed by atoms with Crippen LogP contribution < -0.4 is 5.32 Å². The Bertz CT molecular complexity index is 552. The third-order valence-corrected chi connectivity index (χ3v) is 3.22. The van der Waals surface area contributed by atoms with Crippen molar-refractivity contribution >= 4 is 21.8 Å². The van der Waals surface area contributed by atoms with Crippen LogP contribution in [0.3, 0.4) is 0 Å². The zero-order valence-corrected chi connectivity index (χ0v) is 11.6. The first-order chi connectivity index (χ1) is 8.66. The van der Waals surface area contributed by atoms with Crippen LogP contribution in [0.15, 0.2) is 47.2 Å². The largest absolute Gasteiger partial charge is 0.348 e. The van der Waals surface area contributed by atoms with Gasteiger partial charge in [-0.15, -0.1) is 0 Å². The molecule has 0 saturated heterocycles. The molecule has 1 heterocycles. The molecule has 2 rings (SSSR count). The number of nitrogens with zero attached hydrogens (tertiary/aromatic N) is 1. The van der Waals surface area contributed by atoms with Crippen molar-refractivity contribution in [1.29, 1.82) is 0 Å². The van der Waals surface area contributed by atoms with Gasteiger partial charge in [0.15, 0.2) is 0 Å². The molecule has 0 spiro atoms. The van der Waals surface area contributed by atoms with Crippen molar-refractivity contribution in [3.05, 3.63) is 63.9 Å². The second-order valence-corrected chi connectivity index (χ2v) is 4.91. The Kier molecular flexibility index (Phi) is 4.10. The summed E-state index contributed by atoms with van der Waals surface area (Å²) in [6.07, 6.45) is 3.52. The molecule has 3 nitrogen and oxygen atoms in total. The van der Waals surface area contributed by atoms with Crippen LogP contribution in [0.5, 0.6) is 0 Å². The Hall–Kier alpha value is -1.68. The average Bonchev–Trinajstić information content (AvgIpc) is 2.38. The molecule has 0 saturated carbocycles. The number of hydrogen-bond acceptors (Lipinski definition) is 2. The fourth-order valence-electron chi connectivity index (χ4n) is 1.56. The number of halogens is 1. The van der Waals surface area contributed by atoms with E-state index in [2.05, 4.69) is 26.2 Å². The van der Waals surface area contributed by atoms with Crippen LogP contribution in [-0.4, -0.2) is 10.9 Å². The minimum absolute atomic E-state index is 0.0780. The first-order valence-corrected chi connectivity index (χ1v) is 6.39. The van der Waals surface area contributed by atoms with Crippen molar-refractivity contribution in [3.63, 3.8) is 0 Å². The molecule has 0 bridgehead atoms. The van der Waals surface area contributed by atoms with Gasteiger partial charge in [-0.1, -0.05) is 15.9 Å². The van der Waals surface area contributed by atoms with E-state index < -0.39 is 0 Å². The van der Waals surface area contributed by atoms with Gasteiger partial charge in [0, 0.05) is 29.0 Å². The summed E-state index contributed by atoms with van der Waals surface area (Å²) in [5.74, 6) is -0.0780. The number of carbonyl (C=O) groups excluding carboxylic acids is 1. The average molecular weight is 305 g/mol. The van der Waals surface area contributed by atoms with Gasteiger partial charge in [-0.2, -0.15) is 0 Å². The predicted molar refractivity (Wildman–Crippen MR) is 74.3 cm³/mol. The van der Waals surface area contributed by atoms with Crippen molar-refractivity contribution in [2.45, 2.75) is 13.5 Å². The van der Waals surface area contributed by atoms with Crippen LogP contribution >= 0.6 is 15.9 Å². The van der Waals surface area contributed by atoms with Gasteiger partial charge in [-0.25, -0.2) is 0 Å². The van der Waals surface area contributed by atoms with Crippen molar-refractivity contribution in [2.24, 2.45) is 0 Å². The standard InChI is InChI=1S/C14H13BrN2O/c1-10-6-7-16-8-12(10)9-17-14(18)11-2-4-13(15)5-3-11/h2-8H,9H2,1H3,(H,17,18). The summed E-state index contributed by atoms with van der Waals surface area (Å²) in [6.45, 7) is 2.50. The van der Waals surface area contributed by atoms with Gasteiger partial charge in [-0.3, -0.25) is 9.78 Å². The number of aryl methyl sites for hydroxylation is 1. The molecule has 1 aromatic carbocycles. The van der Waals surface area contributed by atoms with E-state index in [4.69, 9.17) is 0 Å². The summed E-state index contributed by atoms with van der Waals surface area (Å²) in [6, 6.07) is 9.21. The second kappa shape index (κ2) is 5.78. The van der Waals surface area contributed by atoms with E-state index in [0.717, 1.165) is 15.6 Å². The lowest BCUT2D eigenvalue weighted by Gasteiger charge is -2.07.